The molecule has 1 heterocycles. The van der Waals surface area contributed by atoms with Crippen LogP contribution in [0, 0.1) is 24.4 Å². The number of benzene rings is 2. The first kappa shape index (κ1) is 21.4. The molecule has 0 saturated heterocycles. The smallest absolute Gasteiger partial charge is 0.325 e. The van der Waals surface area contributed by atoms with Crippen molar-refractivity contribution in [2.45, 2.75) is 33.1 Å². The third kappa shape index (κ3) is 4.01. The number of carbonyl (C=O) groups is 1. The third-order valence-electron chi connectivity index (χ3n) is 4.74. The fourth-order valence-corrected chi connectivity index (χ4v) is 3.32. The van der Waals surface area contributed by atoms with E-state index in [4.69, 9.17) is 5.73 Å². The number of pyridine rings is 1. The Balaban J connectivity index is 2.29. The number of aromatic nitrogens is 1. The number of amides is 2. The van der Waals surface area contributed by atoms with Gasteiger partial charge in [0, 0.05) is 5.56 Å². The molecule has 4 nitrogen and oxygen atoms in total. The summed E-state index contributed by atoms with van der Waals surface area (Å²) in [4.78, 5) is 17.4. The highest BCUT2D eigenvalue weighted by Crippen LogP contribution is 2.37. The molecule has 0 radical (unpaired) electrons. The van der Waals surface area contributed by atoms with Gasteiger partial charge < -0.3 is 5.73 Å². The first-order valence-electron chi connectivity index (χ1n) is 9.32. The number of nitrogens with two attached hydrogens (primary N) is 1. The van der Waals surface area contributed by atoms with Crippen LogP contribution < -0.4 is 10.6 Å². The zero-order valence-corrected chi connectivity index (χ0v) is 17.1. The van der Waals surface area contributed by atoms with Crippen LogP contribution in [0.2, 0.25) is 0 Å². The van der Waals surface area contributed by atoms with Gasteiger partial charge in [-0.15, -0.1) is 0 Å². The van der Waals surface area contributed by atoms with E-state index in [1.807, 2.05) is 20.8 Å². The molecular weight excluding hydrogens is 391 g/mol. The lowest BCUT2D eigenvalue weighted by molar-refractivity contribution is 0.255. The van der Waals surface area contributed by atoms with E-state index < -0.39 is 29.2 Å². The van der Waals surface area contributed by atoms with Crippen molar-refractivity contribution in [1.82, 2.24) is 4.98 Å². The van der Waals surface area contributed by atoms with Gasteiger partial charge in [0.25, 0.3) is 0 Å². The lowest BCUT2D eigenvalue weighted by Gasteiger charge is -2.26. The Kier molecular flexibility index (Phi) is 5.57. The van der Waals surface area contributed by atoms with Crippen LogP contribution >= 0.6 is 0 Å². The average molecular weight is 413 g/mol. The second-order valence-corrected chi connectivity index (χ2v) is 8.02. The molecule has 0 aliphatic rings. The van der Waals surface area contributed by atoms with Crippen molar-refractivity contribution in [2.24, 2.45) is 5.73 Å². The Bertz CT molecular complexity index is 1100. The molecule has 3 aromatic rings. The molecule has 0 aliphatic carbocycles. The van der Waals surface area contributed by atoms with E-state index in [9.17, 15) is 18.0 Å². The summed E-state index contributed by atoms with van der Waals surface area (Å²) in [5, 5.41) is 0. The molecule has 2 aromatic carbocycles. The van der Waals surface area contributed by atoms with Crippen molar-refractivity contribution in [3.63, 3.8) is 0 Å². The van der Waals surface area contributed by atoms with Crippen LogP contribution in [0.4, 0.5) is 29.5 Å². The fraction of sp³-hybridized carbons (Fsp3) is 0.217. The summed E-state index contributed by atoms with van der Waals surface area (Å²) in [5.74, 6) is -2.33. The van der Waals surface area contributed by atoms with Crippen molar-refractivity contribution in [3.8, 4) is 11.3 Å². The van der Waals surface area contributed by atoms with Crippen LogP contribution in [0.15, 0.2) is 48.5 Å². The van der Waals surface area contributed by atoms with Crippen LogP contribution in [-0.2, 0) is 5.41 Å². The van der Waals surface area contributed by atoms with Crippen molar-refractivity contribution < 1.29 is 18.0 Å². The summed E-state index contributed by atoms with van der Waals surface area (Å²) >= 11 is 0. The van der Waals surface area contributed by atoms with E-state index in [0.717, 1.165) is 17.7 Å². The Morgan fingerprint density at radius 2 is 1.63 bits per heavy atom. The number of halogens is 3. The first-order valence-corrected chi connectivity index (χ1v) is 9.32. The molecule has 156 valence electrons. The van der Waals surface area contributed by atoms with E-state index in [0.29, 0.717) is 21.7 Å². The van der Waals surface area contributed by atoms with Gasteiger partial charge in [-0.2, -0.15) is 0 Å². The topological polar surface area (TPSA) is 59.2 Å². The predicted molar refractivity (Wildman–Crippen MR) is 111 cm³/mol. The molecular formula is C23H22F3N3O. The average Bonchev–Trinajstić information content (AvgIpc) is 2.63. The summed E-state index contributed by atoms with van der Waals surface area (Å²) in [6.45, 7) is 7.68. The predicted octanol–water partition coefficient (Wildman–Crippen LogP) is 5.99. The lowest BCUT2D eigenvalue weighted by atomic mass is 9.83. The van der Waals surface area contributed by atoms with Crippen molar-refractivity contribution >= 4 is 17.5 Å². The Morgan fingerprint density at radius 1 is 1.00 bits per heavy atom. The molecule has 0 atom stereocenters. The minimum absolute atomic E-state index is 0.0433. The SMILES string of the molecule is Cc1cc(F)ccc1-c1nc(N(C(N)=O)c2c(F)cccc2F)ccc1C(C)(C)C. The van der Waals surface area contributed by atoms with Crippen molar-refractivity contribution in [1.29, 1.82) is 0 Å². The Morgan fingerprint density at radius 3 is 2.17 bits per heavy atom. The minimum Gasteiger partial charge on any atom is -0.351 e. The zero-order chi connectivity index (χ0) is 22.2. The third-order valence-corrected chi connectivity index (χ3v) is 4.74. The number of primary amides is 1. The molecule has 1 aromatic heterocycles. The highest BCUT2D eigenvalue weighted by atomic mass is 19.1. The fourth-order valence-electron chi connectivity index (χ4n) is 3.32. The molecule has 0 aliphatic heterocycles. The van der Waals surface area contributed by atoms with Crippen LogP contribution in [0.3, 0.4) is 0 Å². The zero-order valence-electron chi connectivity index (χ0n) is 17.1. The van der Waals surface area contributed by atoms with Gasteiger partial charge in [0.05, 0.1) is 5.69 Å². The second kappa shape index (κ2) is 7.82. The van der Waals surface area contributed by atoms with E-state index in [1.165, 1.54) is 24.3 Å². The summed E-state index contributed by atoms with van der Waals surface area (Å²) in [6, 6.07) is 9.66. The van der Waals surface area contributed by atoms with Gasteiger partial charge in [-0.05, 0) is 59.9 Å². The number of hydrogen-bond acceptors (Lipinski definition) is 2. The largest absolute Gasteiger partial charge is 0.351 e. The van der Waals surface area contributed by atoms with Gasteiger partial charge in [-0.3, -0.25) is 0 Å². The number of hydrogen-bond donors (Lipinski definition) is 1. The quantitative estimate of drug-likeness (QED) is 0.573. The molecule has 0 fully saturated rings. The molecule has 0 unspecified atom stereocenters. The van der Waals surface area contributed by atoms with Crippen molar-refractivity contribution in [2.75, 3.05) is 4.90 Å². The molecule has 3 rings (SSSR count). The van der Waals surface area contributed by atoms with E-state index in [2.05, 4.69) is 4.98 Å². The molecule has 30 heavy (non-hydrogen) atoms. The minimum atomic E-state index is -1.09. The summed E-state index contributed by atoms with van der Waals surface area (Å²) in [6.07, 6.45) is 0. The van der Waals surface area contributed by atoms with Crippen LogP contribution in [-0.4, -0.2) is 11.0 Å². The maximum Gasteiger partial charge on any atom is 0.325 e. The number of rotatable bonds is 3. The van der Waals surface area contributed by atoms with Crippen LogP contribution in [0.5, 0.6) is 0 Å². The number of aryl methyl sites for hydroxylation is 1. The van der Waals surface area contributed by atoms with E-state index in [-0.39, 0.29) is 11.2 Å². The van der Waals surface area contributed by atoms with Crippen LogP contribution in [0.25, 0.3) is 11.3 Å². The molecule has 2 amide bonds. The Labute approximate surface area is 173 Å². The number of urea groups is 1. The van der Waals surface area contributed by atoms with Gasteiger partial charge in [0.2, 0.25) is 0 Å². The molecule has 0 bridgehead atoms. The monoisotopic (exact) mass is 413 g/mol. The maximum absolute atomic E-state index is 14.4. The number of carbonyl (C=O) groups excluding carboxylic acids is 1. The van der Waals surface area contributed by atoms with Gasteiger partial charge in [-0.1, -0.05) is 32.9 Å². The molecule has 2 N–H and O–H groups in total. The second-order valence-electron chi connectivity index (χ2n) is 8.02. The highest BCUT2D eigenvalue weighted by molar-refractivity contribution is 5.98. The molecule has 0 spiro atoms. The van der Waals surface area contributed by atoms with Gasteiger partial charge >= 0.3 is 6.03 Å². The Hall–Kier alpha value is -3.35. The molecule has 7 heteroatoms. The number of para-hydroxylation sites is 1. The van der Waals surface area contributed by atoms with Gasteiger partial charge in [0.1, 0.15) is 29.0 Å². The van der Waals surface area contributed by atoms with E-state index >= 15 is 0 Å². The first-order chi connectivity index (χ1) is 14.0. The summed E-state index contributed by atoms with van der Waals surface area (Å²) < 4.78 is 42.4. The normalized spacial score (nSPS) is 11.4. The lowest BCUT2D eigenvalue weighted by Crippen LogP contribution is -2.33. The van der Waals surface area contributed by atoms with E-state index in [1.54, 1.807) is 19.1 Å². The number of nitrogens with zero attached hydrogens (tertiary/aromatic N) is 2. The molecule has 0 saturated carbocycles. The van der Waals surface area contributed by atoms with Gasteiger partial charge in [-0.25, -0.2) is 27.8 Å². The highest BCUT2D eigenvalue weighted by Gasteiger charge is 2.27. The van der Waals surface area contributed by atoms with Crippen molar-refractivity contribution in [3.05, 3.63) is 77.1 Å². The number of anilines is 2. The standard InChI is InChI=1S/C23H22F3N3O/c1-13-12-14(24)8-9-15(13)20-16(23(2,3)4)10-11-19(28-20)29(22(27)30)21-17(25)6-5-7-18(21)26/h5-12H,1-4H3,(H2,27,30). The summed E-state index contributed by atoms with van der Waals surface area (Å²) in [5.41, 5.74) is 7.08. The van der Waals surface area contributed by atoms with Gasteiger partial charge in [0.15, 0.2) is 0 Å². The summed E-state index contributed by atoms with van der Waals surface area (Å²) in [7, 11) is 0. The maximum atomic E-state index is 14.4. The van der Waals surface area contributed by atoms with Crippen LogP contribution in [0.1, 0.15) is 31.9 Å².